The van der Waals surface area contributed by atoms with Gasteiger partial charge in [0.15, 0.2) is 0 Å². The Morgan fingerprint density at radius 1 is 1.26 bits per heavy atom. The molecule has 1 heterocycles. The molecule has 2 N–H and O–H groups in total. The summed E-state index contributed by atoms with van der Waals surface area (Å²) in [5, 5.41) is 13.0. The molecule has 1 atom stereocenters. The number of benzene rings is 1. The summed E-state index contributed by atoms with van der Waals surface area (Å²) < 4.78 is 5.41. The van der Waals surface area contributed by atoms with E-state index in [1.807, 2.05) is 38.1 Å². The maximum atomic E-state index is 11.8. The molecule has 0 aliphatic rings. The number of hydrogen-bond donors (Lipinski definition) is 2. The number of aliphatic hydroxyl groups is 1. The normalized spacial score (nSPS) is 12.1. The molecular weight excluding hydrogens is 290 g/mol. The SMILES string of the molecule is Cc1cc([C@@H](O)CCNC(=O)CCCc2ccccc2)c(C)o1. The highest BCUT2D eigenvalue weighted by atomic mass is 16.3. The molecule has 23 heavy (non-hydrogen) atoms. The maximum Gasteiger partial charge on any atom is 0.220 e. The number of carbonyl (C=O) groups is 1. The van der Waals surface area contributed by atoms with E-state index in [0.717, 1.165) is 29.9 Å². The van der Waals surface area contributed by atoms with Gasteiger partial charge in [-0.25, -0.2) is 0 Å². The first-order valence-corrected chi connectivity index (χ1v) is 8.12. The summed E-state index contributed by atoms with van der Waals surface area (Å²) in [7, 11) is 0. The Kier molecular flexibility index (Phi) is 6.41. The van der Waals surface area contributed by atoms with Crippen molar-refractivity contribution < 1.29 is 14.3 Å². The molecule has 4 nitrogen and oxygen atoms in total. The van der Waals surface area contributed by atoms with Gasteiger partial charge < -0.3 is 14.8 Å². The van der Waals surface area contributed by atoms with Crippen LogP contribution in [-0.2, 0) is 11.2 Å². The molecule has 0 saturated carbocycles. The van der Waals surface area contributed by atoms with Gasteiger partial charge in [0, 0.05) is 18.5 Å². The Morgan fingerprint density at radius 2 is 2.00 bits per heavy atom. The van der Waals surface area contributed by atoms with E-state index in [4.69, 9.17) is 4.42 Å². The van der Waals surface area contributed by atoms with Crippen molar-refractivity contribution in [3.8, 4) is 0 Å². The zero-order valence-corrected chi connectivity index (χ0v) is 13.8. The second-order valence-corrected chi connectivity index (χ2v) is 5.86. The predicted molar refractivity (Wildman–Crippen MR) is 90.1 cm³/mol. The van der Waals surface area contributed by atoms with Crippen LogP contribution in [0.4, 0.5) is 0 Å². The molecule has 1 amide bonds. The molecule has 2 rings (SSSR count). The molecule has 0 saturated heterocycles. The largest absolute Gasteiger partial charge is 0.466 e. The predicted octanol–water partition coefficient (Wildman–Crippen LogP) is 3.46. The second-order valence-electron chi connectivity index (χ2n) is 5.86. The Balaban J connectivity index is 1.64. The number of rotatable bonds is 8. The fraction of sp³-hybridized carbons (Fsp3) is 0.421. The Bertz CT molecular complexity index is 619. The molecule has 0 bridgehead atoms. The topological polar surface area (TPSA) is 62.5 Å². The first-order chi connectivity index (χ1) is 11.1. The lowest BCUT2D eigenvalue weighted by Crippen LogP contribution is -2.25. The van der Waals surface area contributed by atoms with Gasteiger partial charge in [-0.1, -0.05) is 30.3 Å². The monoisotopic (exact) mass is 315 g/mol. The van der Waals surface area contributed by atoms with Gasteiger partial charge in [0.1, 0.15) is 11.5 Å². The van der Waals surface area contributed by atoms with E-state index >= 15 is 0 Å². The lowest BCUT2D eigenvalue weighted by molar-refractivity contribution is -0.121. The number of carbonyl (C=O) groups excluding carboxylic acids is 1. The highest BCUT2D eigenvalue weighted by Crippen LogP contribution is 2.23. The molecule has 0 spiro atoms. The van der Waals surface area contributed by atoms with Crippen LogP contribution in [0.3, 0.4) is 0 Å². The van der Waals surface area contributed by atoms with Crippen LogP contribution in [0.15, 0.2) is 40.8 Å². The average Bonchev–Trinajstić information content (AvgIpc) is 2.87. The first kappa shape index (κ1) is 17.3. The number of amides is 1. The van der Waals surface area contributed by atoms with Gasteiger partial charge in [-0.05, 0) is 44.7 Å². The van der Waals surface area contributed by atoms with Crippen molar-refractivity contribution in [2.75, 3.05) is 6.54 Å². The van der Waals surface area contributed by atoms with E-state index in [2.05, 4.69) is 17.4 Å². The number of hydrogen-bond acceptors (Lipinski definition) is 3. The molecule has 1 aromatic heterocycles. The molecule has 1 aromatic carbocycles. The number of nitrogens with one attached hydrogen (secondary N) is 1. The Labute approximate surface area is 137 Å². The highest BCUT2D eigenvalue weighted by Gasteiger charge is 2.14. The van der Waals surface area contributed by atoms with E-state index in [-0.39, 0.29) is 5.91 Å². The van der Waals surface area contributed by atoms with Crippen LogP contribution >= 0.6 is 0 Å². The molecule has 0 unspecified atom stereocenters. The molecule has 0 radical (unpaired) electrons. The van der Waals surface area contributed by atoms with Gasteiger partial charge >= 0.3 is 0 Å². The standard InChI is InChI=1S/C19H25NO3/c1-14-13-17(15(2)23-14)18(21)11-12-20-19(22)10-6-9-16-7-4-3-5-8-16/h3-5,7-8,13,18,21H,6,9-12H2,1-2H3,(H,20,22)/t18-/m0/s1. The van der Waals surface area contributed by atoms with Crippen molar-refractivity contribution >= 4 is 5.91 Å². The minimum Gasteiger partial charge on any atom is -0.466 e. The Hall–Kier alpha value is -2.07. The van der Waals surface area contributed by atoms with Crippen LogP contribution in [0.5, 0.6) is 0 Å². The van der Waals surface area contributed by atoms with Gasteiger partial charge in [-0.15, -0.1) is 0 Å². The smallest absolute Gasteiger partial charge is 0.220 e. The number of aliphatic hydroxyl groups excluding tert-OH is 1. The van der Waals surface area contributed by atoms with E-state index < -0.39 is 6.10 Å². The summed E-state index contributed by atoms with van der Waals surface area (Å²) in [6, 6.07) is 12.0. The lowest BCUT2D eigenvalue weighted by Gasteiger charge is -2.10. The number of furan rings is 1. The van der Waals surface area contributed by atoms with Crippen molar-refractivity contribution in [3.63, 3.8) is 0 Å². The fourth-order valence-electron chi connectivity index (χ4n) is 2.67. The lowest BCUT2D eigenvalue weighted by atomic mass is 10.1. The summed E-state index contributed by atoms with van der Waals surface area (Å²) in [5.41, 5.74) is 2.06. The van der Waals surface area contributed by atoms with E-state index in [0.29, 0.717) is 19.4 Å². The van der Waals surface area contributed by atoms with Crippen LogP contribution in [0.2, 0.25) is 0 Å². The summed E-state index contributed by atoms with van der Waals surface area (Å²) in [6.45, 7) is 4.17. The summed E-state index contributed by atoms with van der Waals surface area (Å²) >= 11 is 0. The van der Waals surface area contributed by atoms with Crippen LogP contribution in [0.25, 0.3) is 0 Å². The van der Waals surface area contributed by atoms with Crippen molar-refractivity contribution in [1.82, 2.24) is 5.32 Å². The zero-order chi connectivity index (χ0) is 16.7. The summed E-state index contributed by atoms with van der Waals surface area (Å²) in [4.78, 5) is 11.8. The summed E-state index contributed by atoms with van der Waals surface area (Å²) in [6.07, 6.45) is 2.14. The third kappa shape index (κ3) is 5.57. The van der Waals surface area contributed by atoms with Crippen molar-refractivity contribution in [1.29, 1.82) is 0 Å². The van der Waals surface area contributed by atoms with Crippen molar-refractivity contribution in [2.24, 2.45) is 0 Å². The number of aryl methyl sites for hydroxylation is 3. The minimum absolute atomic E-state index is 0.0354. The van der Waals surface area contributed by atoms with E-state index in [9.17, 15) is 9.90 Å². The van der Waals surface area contributed by atoms with E-state index in [1.54, 1.807) is 0 Å². The molecule has 4 heteroatoms. The molecule has 0 fully saturated rings. The molecular formula is C19H25NO3. The average molecular weight is 315 g/mol. The second kappa shape index (κ2) is 8.53. The molecule has 0 aliphatic carbocycles. The maximum absolute atomic E-state index is 11.8. The minimum atomic E-state index is -0.600. The van der Waals surface area contributed by atoms with Crippen LogP contribution in [0, 0.1) is 13.8 Å². The Morgan fingerprint density at radius 3 is 2.65 bits per heavy atom. The van der Waals surface area contributed by atoms with E-state index in [1.165, 1.54) is 5.56 Å². The third-order valence-electron chi connectivity index (χ3n) is 3.89. The van der Waals surface area contributed by atoms with Crippen molar-refractivity contribution in [2.45, 2.75) is 45.6 Å². The van der Waals surface area contributed by atoms with Crippen LogP contribution < -0.4 is 5.32 Å². The molecule has 2 aromatic rings. The van der Waals surface area contributed by atoms with Gasteiger partial charge in [0.2, 0.25) is 5.91 Å². The third-order valence-corrected chi connectivity index (χ3v) is 3.89. The quantitative estimate of drug-likeness (QED) is 0.784. The molecule has 124 valence electrons. The molecule has 0 aliphatic heterocycles. The van der Waals surface area contributed by atoms with Gasteiger partial charge in [0.25, 0.3) is 0 Å². The first-order valence-electron chi connectivity index (χ1n) is 8.12. The van der Waals surface area contributed by atoms with Crippen LogP contribution in [-0.4, -0.2) is 17.6 Å². The highest BCUT2D eigenvalue weighted by molar-refractivity contribution is 5.75. The fourth-order valence-corrected chi connectivity index (χ4v) is 2.67. The zero-order valence-electron chi connectivity index (χ0n) is 13.8. The van der Waals surface area contributed by atoms with Crippen molar-refractivity contribution in [3.05, 3.63) is 59.0 Å². The van der Waals surface area contributed by atoms with Crippen LogP contribution in [0.1, 0.15) is 48.0 Å². The van der Waals surface area contributed by atoms with Gasteiger partial charge in [-0.2, -0.15) is 0 Å². The van der Waals surface area contributed by atoms with Gasteiger partial charge in [0.05, 0.1) is 6.10 Å². The van der Waals surface area contributed by atoms with Gasteiger partial charge in [-0.3, -0.25) is 4.79 Å². The summed E-state index contributed by atoms with van der Waals surface area (Å²) in [5.74, 6) is 1.57.